The van der Waals surface area contributed by atoms with Crippen LogP contribution in [0.25, 0.3) is 0 Å². The molecule has 1 aromatic heterocycles. The number of hydrogen-bond donors (Lipinski definition) is 1. The largest absolute Gasteiger partial charge is 0.381 e. The molecule has 0 aromatic carbocycles. The number of rotatable bonds is 3. The second-order valence-corrected chi connectivity index (χ2v) is 5.93. The van der Waals surface area contributed by atoms with Crippen molar-refractivity contribution in [2.45, 2.75) is 37.8 Å². The normalized spacial score (nSPS) is 24.6. The Bertz CT molecular complexity index is 418. The van der Waals surface area contributed by atoms with Gasteiger partial charge in [-0.3, -0.25) is 4.79 Å². The number of thiazole rings is 1. The average molecular weight is 281 g/mol. The van der Waals surface area contributed by atoms with Gasteiger partial charge >= 0.3 is 0 Å². The summed E-state index contributed by atoms with van der Waals surface area (Å²) in [5.74, 6) is 0.152. The Morgan fingerprint density at radius 1 is 1.42 bits per heavy atom. The molecule has 3 heterocycles. The van der Waals surface area contributed by atoms with Crippen LogP contribution in [0.1, 0.15) is 25.7 Å². The summed E-state index contributed by atoms with van der Waals surface area (Å²) >= 11 is 1.60. The summed E-state index contributed by atoms with van der Waals surface area (Å²) in [7, 11) is 0. The van der Waals surface area contributed by atoms with Crippen molar-refractivity contribution in [3.63, 3.8) is 0 Å². The number of anilines is 1. The van der Waals surface area contributed by atoms with Crippen molar-refractivity contribution in [1.29, 1.82) is 0 Å². The summed E-state index contributed by atoms with van der Waals surface area (Å²) in [6, 6.07) is 0.231. The van der Waals surface area contributed by atoms with E-state index >= 15 is 0 Å². The third-order valence-corrected chi connectivity index (χ3v) is 4.60. The van der Waals surface area contributed by atoms with Crippen LogP contribution in [0.5, 0.6) is 0 Å². The van der Waals surface area contributed by atoms with Gasteiger partial charge in [-0.15, -0.1) is 11.3 Å². The van der Waals surface area contributed by atoms with Crippen LogP contribution < -0.4 is 10.2 Å². The predicted molar refractivity (Wildman–Crippen MR) is 74.5 cm³/mol. The van der Waals surface area contributed by atoms with Crippen molar-refractivity contribution >= 4 is 22.4 Å². The zero-order chi connectivity index (χ0) is 13.1. The average Bonchev–Trinajstić information content (AvgIpc) is 3.10. The third kappa shape index (κ3) is 2.90. The maximum atomic E-state index is 12.4. The van der Waals surface area contributed by atoms with Crippen LogP contribution in [0, 0.1) is 0 Å². The van der Waals surface area contributed by atoms with Gasteiger partial charge in [-0.1, -0.05) is 0 Å². The zero-order valence-electron chi connectivity index (χ0n) is 10.9. The molecule has 0 unspecified atom stereocenters. The highest BCUT2D eigenvalue weighted by Crippen LogP contribution is 2.27. The Morgan fingerprint density at radius 3 is 3.00 bits per heavy atom. The molecule has 0 saturated carbocycles. The molecule has 2 fully saturated rings. The number of hydrogen-bond acceptors (Lipinski definition) is 5. The highest BCUT2D eigenvalue weighted by molar-refractivity contribution is 7.13. The van der Waals surface area contributed by atoms with Gasteiger partial charge in [0, 0.05) is 37.4 Å². The van der Waals surface area contributed by atoms with E-state index < -0.39 is 0 Å². The maximum Gasteiger partial charge on any atom is 0.243 e. The van der Waals surface area contributed by atoms with Crippen LogP contribution in [0.15, 0.2) is 11.6 Å². The smallest absolute Gasteiger partial charge is 0.243 e. The van der Waals surface area contributed by atoms with Crippen LogP contribution in [0.4, 0.5) is 5.13 Å². The highest BCUT2D eigenvalue weighted by atomic mass is 32.1. The number of carbonyl (C=O) groups is 1. The number of amides is 1. The van der Waals surface area contributed by atoms with Gasteiger partial charge in [-0.25, -0.2) is 4.98 Å². The maximum absolute atomic E-state index is 12.4. The third-order valence-electron chi connectivity index (χ3n) is 3.79. The lowest BCUT2D eigenvalue weighted by molar-refractivity contribution is -0.123. The second kappa shape index (κ2) is 5.88. The lowest BCUT2D eigenvalue weighted by Crippen LogP contribution is -2.48. The van der Waals surface area contributed by atoms with E-state index in [4.69, 9.17) is 4.74 Å². The minimum atomic E-state index is -0.0472. The molecule has 19 heavy (non-hydrogen) atoms. The minimum Gasteiger partial charge on any atom is -0.381 e. The molecule has 1 aromatic rings. The molecular formula is C13H19N3O2S. The van der Waals surface area contributed by atoms with Crippen molar-refractivity contribution in [2.75, 3.05) is 24.7 Å². The highest BCUT2D eigenvalue weighted by Gasteiger charge is 2.33. The first-order valence-corrected chi connectivity index (χ1v) is 7.77. The number of nitrogens with zero attached hydrogens (tertiary/aromatic N) is 2. The van der Waals surface area contributed by atoms with Gasteiger partial charge in [0.05, 0.1) is 0 Å². The molecule has 1 atom stereocenters. The summed E-state index contributed by atoms with van der Waals surface area (Å²) in [5.41, 5.74) is 0. The molecule has 2 aliphatic heterocycles. The number of nitrogens with one attached hydrogen (secondary N) is 1. The van der Waals surface area contributed by atoms with E-state index in [1.165, 1.54) is 0 Å². The van der Waals surface area contributed by atoms with Crippen molar-refractivity contribution in [2.24, 2.45) is 0 Å². The van der Waals surface area contributed by atoms with E-state index in [2.05, 4.69) is 15.2 Å². The van der Waals surface area contributed by atoms with Crippen molar-refractivity contribution in [3.05, 3.63) is 11.6 Å². The van der Waals surface area contributed by atoms with E-state index in [-0.39, 0.29) is 18.0 Å². The van der Waals surface area contributed by atoms with Gasteiger partial charge in [0.25, 0.3) is 0 Å². The van der Waals surface area contributed by atoms with E-state index in [9.17, 15) is 4.79 Å². The Morgan fingerprint density at radius 2 is 2.26 bits per heavy atom. The summed E-state index contributed by atoms with van der Waals surface area (Å²) < 4.78 is 5.32. The first-order chi connectivity index (χ1) is 9.34. The van der Waals surface area contributed by atoms with Crippen LogP contribution in [-0.2, 0) is 9.53 Å². The quantitative estimate of drug-likeness (QED) is 0.910. The second-order valence-electron chi connectivity index (χ2n) is 5.06. The molecule has 2 saturated heterocycles. The van der Waals surface area contributed by atoms with Crippen LogP contribution >= 0.6 is 11.3 Å². The number of aromatic nitrogens is 1. The Kier molecular flexibility index (Phi) is 3.98. The van der Waals surface area contributed by atoms with Gasteiger partial charge in [0.2, 0.25) is 5.91 Å². The molecule has 0 aliphatic carbocycles. The van der Waals surface area contributed by atoms with E-state index in [1.54, 1.807) is 17.5 Å². The van der Waals surface area contributed by atoms with E-state index in [0.717, 1.165) is 50.6 Å². The topological polar surface area (TPSA) is 54.5 Å². The lowest BCUT2D eigenvalue weighted by Gasteiger charge is -2.28. The molecular weight excluding hydrogens is 262 g/mol. The molecule has 1 amide bonds. The molecule has 0 radical (unpaired) electrons. The Labute approximate surface area is 117 Å². The number of ether oxygens (including phenoxy) is 1. The van der Waals surface area contributed by atoms with Gasteiger partial charge in [-0.2, -0.15) is 0 Å². The van der Waals surface area contributed by atoms with Gasteiger partial charge in [0.1, 0.15) is 6.04 Å². The van der Waals surface area contributed by atoms with Crippen LogP contribution in [0.3, 0.4) is 0 Å². The minimum absolute atomic E-state index is 0.0472. The zero-order valence-corrected chi connectivity index (χ0v) is 11.7. The molecule has 2 aliphatic rings. The van der Waals surface area contributed by atoms with E-state index in [1.807, 2.05) is 5.38 Å². The van der Waals surface area contributed by atoms with Crippen molar-refractivity contribution in [3.8, 4) is 0 Å². The molecule has 0 bridgehead atoms. The molecule has 5 nitrogen and oxygen atoms in total. The fourth-order valence-electron chi connectivity index (χ4n) is 2.77. The molecule has 3 rings (SSSR count). The van der Waals surface area contributed by atoms with Crippen molar-refractivity contribution < 1.29 is 9.53 Å². The van der Waals surface area contributed by atoms with Crippen molar-refractivity contribution in [1.82, 2.24) is 10.3 Å². The first kappa shape index (κ1) is 12.9. The summed E-state index contributed by atoms with van der Waals surface area (Å²) in [6.45, 7) is 2.44. The summed E-state index contributed by atoms with van der Waals surface area (Å²) in [4.78, 5) is 18.9. The molecule has 1 N–H and O–H groups in total. The number of carbonyl (C=O) groups excluding carboxylic acids is 1. The first-order valence-electron chi connectivity index (χ1n) is 6.89. The lowest BCUT2D eigenvalue weighted by atomic mass is 10.1. The summed E-state index contributed by atoms with van der Waals surface area (Å²) in [6.07, 6.45) is 5.64. The van der Waals surface area contributed by atoms with Crippen LogP contribution in [-0.4, -0.2) is 42.7 Å². The molecule has 6 heteroatoms. The SMILES string of the molecule is O=C(NC1CCOCC1)[C@H]1CCCN1c1nccs1. The molecule has 104 valence electrons. The Balaban J connectivity index is 1.62. The molecule has 0 spiro atoms. The fraction of sp³-hybridized carbons (Fsp3) is 0.692. The Hall–Kier alpha value is -1.14. The fourth-order valence-corrected chi connectivity index (χ4v) is 3.48. The van der Waals surface area contributed by atoms with Crippen LogP contribution in [0.2, 0.25) is 0 Å². The summed E-state index contributed by atoms with van der Waals surface area (Å²) in [5, 5.41) is 6.09. The van der Waals surface area contributed by atoms with Gasteiger partial charge < -0.3 is 15.0 Å². The van der Waals surface area contributed by atoms with Gasteiger partial charge in [-0.05, 0) is 25.7 Å². The van der Waals surface area contributed by atoms with Gasteiger partial charge in [0.15, 0.2) is 5.13 Å². The standard InChI is InChI=1S/C13H19N3O2S/c17-12(15-10-3-7-18-8-4-10)11-2-1-6-16(11)13-14-5-9-19-13/h5,9-11H,1-4,6-8H2,(H,15,17)/t11-/m1/s1. The predicted octanol–water partition coefficient (Wildman–Crippen LogP) is 1.41. The monoisotopic (exact) mass is 281 g/mol. The van der Waals surface area contributed by atoms with E-state index in [0.29, 0.717) is 0 Å².